The first kappa shape index (κ1) is 89.0. The number of ether oxygens (including phenoxy) is 2. The normalized spacial score (nSPS) is 32.2. The summed E-state index contributed by atoms with van der Waals surface area (Å²) in [6.07, 6.45) is 19.9. The summed E-state index contributed by atoms with van der Waals surface area (Å²) >= 11 is 13.4. The van der Waals surface area contributed by atoms with Gasteiger partial charge in [0.1, 0.15) is 29.6 Å². The van der Waals surface area contributed by atoms with E-state index in [2.05, 4.69) is 126 Å². The van der Waals surface area contributed by atoms with E-state index in [0.29, 0.717) is 129 Å². The van der Waals surface area contributed by atoms with Crippen LogP contribution in [0.25, 0.3) is 23.2 Å². The molecule has 0 aromatic carbocycles. The van der Waals surface area contributed by atoms with Crippen LogP contribution in [-0.4, -0.2) is 153 Å². The van der Waals surface area contributed by atoms with Gasteiger partial charge in [0, 0.05) is 81.5 Å². The zero-order chi connectivity index (χ0) is 84.8. The molecule has 23 heteroatoms. The first-order chi connectivity index (χ1) is 54.3. The fourth-order valence-electron chi connectivity index (χ4n) is 25.4. The van der Waals surface area contributed by atoms with E-state index in [1.807, 2.05) is 34.0 Å². The highest BCUT2D eigenvalue weighted by Crippen LogP contribution is 2.77. The maximum Gasteiger partial charge on any atom is 0.310 e. The second-order valence-corrected chi connectivity index (χ2v) is 42.2. The van der Waals surface area contributed by atoms with Crippen molar-refractivity contribution in [1.29, 1.82) is 0 Å². The summed E-state index contributed by atoms with van der Waals surface area (Å²) in [5.41, 5.74) is 1.30. The molecule has 0 aliphatic heterocycles. The van der Waals surface area contributed by atoms with Crippen LogP contribution in [0.3, 0.4) is 0 Å². The monoisotopic (exact) mass is 1640 g/mol. The lowest BCUT2D eigenvalue weighted by molar-refractivity contribution is -0.187. The molecule has 8 aliphatic carbocycles. The summed E-state index contributed by atoms with van der Waals surface area (Å²) in [6, 6.07) is 3.55. The van der Waals surface area contributed by atoms with Crippen molar-refractivity contribution >= 4 is 58.6 Å². The number of rotatable bonds is 32. The van der Waals surface area contributed by atoms with E-state index in [9.17, 15) is 39.0 Å². The van der Waals surface area contributed by atoms with E-state index in [1.165, 1.54) is 11.1 Å². The second kappa shape index (κ2) is 33.3. The molecule has 2 N–H and O–H groups in total. The highest BCUT2D eigenvalue weighted by atomic mass is 35.5. The third-order valence-electron chi connectivity index (χ3n) is 33.1. The molecule has 638 valence electrons. The molecule has 4 aromatic rings. The first-order valence-electron chi connectivity index (χ1n) is 44.0. The molecule has 1 unspecified atom stereocenters. The van der Waals surface area contributed by atoms with Crippen LogP contribution in [0, 0.1) is 101 Å². The van der Waals surface area contributed by atoms with Crippen LogP contribution in [0.4, 0.5) is 0 Å². The molecule has 0 spiro atoms. The molecule has 0 radical (unpaired) electrons. The predicted molar refractivity (Wildman–Crippen MR) is 452 cm³/mol. The molecule has 4 aromatic heterocycles. The minimum absolute atomic E-state index is 0.0251. The number of ketones is 2. The molecule has 0 amide bonds. The Balaban J connectivity index is 0.745. The lowest BCUT2D eigenvalue weighted by Crippen LogP contribution is -2.62. The Hall–Kier alpha value is -6.29. The zero-order valence-electron chi connectivity index (χ0n) is 73.9. The fourth-order valence-corrected chi connectivity index (χ4v) is 25.6. The van der Waals surface area contributed by atoms with Gasteiger partial charge in [-0.15, -0.1) is 20.4 Å². The molecule has 0 bridgehead atoms. The van der Waals surface area contributed by atoms with Gasteiger partial charge >= 0.3 is 23.9 Å². The standard InChI is InChI=1S/C93H137Cl2N11O10/c1-22-60(115-73(109)51-84(9,10)82(111)112)32-34-86(12)57(7)30-36-90(16)69(86)28-24-62-77-75(55(3)4)67(107)47-92(77,40-38-88(62,90)14)49-71-99-101-80(105(71)44-42-103(18)19)65-27-26-64(95)66(98-65)46-85(11,83(113)114)52-74(110)116-61(23-2)33-35-87(13)58(8)31-37-91(17)70(87)29-25-63-78-76(56(5)6)68(108)48-93(78,41-39-89(63,91)15)50-72-100-102-81(106(72)45-43-104(20)21)79-96-53-59(94)54-97-79/h26-27,53-58,60-63,69-70H,22-25,28-52H2,1-21H3,(H,111,112)(H,113,114)/t57-,58-,60-,61-,62-,63-,69-,70-,85?,86+,87+,88-,89-,90-,91-,92+,93+/m1/s1. The van der Waals surface area contributed by atoms with Gasteiger partial charge in [-0.2, -0.15) is 0 Å². The quantitative estimate of drug-likeness (QED) is 0.0430. The lowest BCUT2D eigenvalue weighted by Gasteiger charge is -2.69. The van der Waals surface area contributed by atoms with Crippen molar-refractivity contribution in [1.82, 2.24) is 54.3 Å². The molecule has 116 heavy (non-hydrogen) atoms. The van der Waals surface area contributed by atoms with Crippen LogP contribution in [0.2, 0.25) is 10.0 Å². The zero-order valence-corrected chi connectivity index (χ0v) is 75.4. The summed E-state index contributed by atoms with van der Waals surface area (Å²) < 4.78 is 16.9. The lowest BCUT2D eigenvalue weighted by atomic mass is 9.35. The molecular weight excluding hydrogens is 1500 g/mol. The average Bonchev–Trinajstić information content (AvgIpc) is 1.54. The third-order valence-corrected chi connectivity index (χ3v) is 33.6. The van der Waals surface area contributed by atoms with Gasteiger partial charge in [-0.05, 0) is 268 Å². The maximum atomic E-state index is 15.0. The maximum absolute atomic E-state index is 15.0. The Morgan fingerprint density at radius 1 is 0.586 bits per heavy atom. The number of fused-ring (bicyclic) bond motifs is 10. The van der Waals surface area contributed by atoms with Crippen molar-refractivity contribution in [2.45, 2.75) is 304 Å². The van der Waals surface area contributed by atoms with Crippen molar-refractivity contribution in [3.05, 3.63) is 74.2 Å². The number of nitrogens with zero attached hydrogens (tertiary/aromatic N) is 11. The molecular formula is C93H137Cl2N11O10. The smallest absolute Gasteiger partial charge is 0.310 e. The number of hydrogen-bond donors (Lipinski definition) is 2. The third kappa shape index (κ3) is 15.9. The Morgan fingerprint density at radius 2 is 1.03 bits per heavy atom. The second-order valence-electron chi connectivity index (χ2n) is 41.3. The topological polar surface area (TPSA) is 268 Å². The number of carbonyl (C=O) groups is 6. The number of carboxylic acids is 2. The Kier molecular flexibility index (Phi) is 25.5. The molecule has 21 nitrogen and oxygen atoms in total. The Morgan fingerprint density at radius 3 is 1.45 bits per heavy atom. The van der Waals surface area contributed by atoms with Crippen molar-refractivity contribution < 1.29 is 48.5 Å². The molecule has 12 rings (SSSR count). The molecule has 6 fully saturated rings. The number of halogens is 2. The van der Waals surface area contributed by atoms with Gasteiger partial charge in [0.2, 0.25) is 5.82 Å². The molecule has 8 aliphatic rings. The Labute approximate surface area is 701 Å². The number of likely N-dealkylation sites (N-methyl/N-ethyl adjacent to an activating group) is 2. The fraction of sp³-hybridized carbons (Fsp3) is 0.753. The van der Waals surface area contributed by atoms with Gasteiger partial charge in [0.05, 0.1) is 39.4 Å². The summed E-state index contributed by atoms with van der Waals surface area (Å²) in [5.74, 6) is 2.55. The summed E-state index contributed by atoms with van der Waals surface area (Å²) in [5, 5.41) is 41.4. The highest BCUT2D eigenvalue weighted by Gasteiger charge is 2.70. The van der Waals surface area contributed by atoms with Crippen molar-refractivity contribution in [3.63, 3.8) is 0 Å². The van der Waals surface area contributed by atoms with Crippen LogP contribution in [0.5, 0.6) is 0 Å². The number of aromatic nitrogens is 9. The number of carboxylic acid groups (broad SMARTS) is 2. The summed E-state index contributed by atoms with van der Waals surface area (Å²) in [7, 11) is 8.18. The van der Waals surface area contributed by atoms with Crippen molar-refractivity contribution in [3.8, 4) is 23.2 Å². The predicted octanol–water partition coefficient (Wildman–Crippen LogP) is 18.7. The number of aliphatic carboxylic acids is 2. The number of hydrogen-bond acceptors (Lipinski definition) is 17. The number of Topliss-reactive ketones (excluding diaryl/α,β-unsaturated/α-hetero) is 2. The van der Waals surface area contributed by atoms with Crippen LogP contribution in [-0.2, 0) is 70.6 Å². The van der Waals surface area contributed by atoms with Gasteiger partial charge < -0.3 is 38.6 Å². The molecule has 4 heterocycles. The van der Waals surface area contributed by atoms with Gasteiger partial charge in [0.25, 0.3) is 0 Å². The van der Waals surface area contributed by atoms with Gasteiger partial charge in [-0.3, -0.25) is 28.8 Å². The highest BCUT2D eigenvalue weighted by molar-refractivity contribution is 6.31. The van der Waals surface area contributed by atoms with E-state index >= 15 is 0 Å². The minimum atomic E-state index is -1.65. The van der Waals surface area contributed by atoms with Gasteiger partial charge in [-0.25, -0.2) is 15.0 Å². The van der Waals surface area contributed by atoms with E-state index in [4.69, 9.17) is 58.1 Å². The van der Waals surface area contributed by atoms with Crippen molar-refractivity contribution in [2.24, 2.45) is 101 Å². The SMILES string of the molecule is CC[C@H](CC[C@@]1(C)[C@H](C)CC[C@]2(C)[C@@H]1CC[C@@H]1C3=C(C(C)C)C(=O)C[C@]3(Cc3nnc(-c4ccc(Cl)c(CC(C)(CC(=O)O[C@H](CC)CC[C@@]5(C)[C@H](C)CC[C@]6(C)[C@@H]5CC[C@@H]5C7=C(C(C)C)C(=O)C[C@]7(Cc7nnc(-c8ncc(Cl)cn8)n7CCN(C)C)CC[C@]56C)C(=O)O)n4)n3CCN(C)C)CC[C@]12C)OC(=O)CC(C)(C)C(=O)O. The van der Waals surface area contributed by atoms with E-state index in [0.717, 1.165) is 119 Å². The molecule has 0 saturated heterocycles. The number of pyridine rings is 1. The first-order valence-corrected chi connectivity index (χ1v) is 44.8. The molecule has 6 saturated carbocycles. The van der Waals surface area contributed by atoms with Crippen LogP contribution in [0.1, 0.15) is 276 Å². The van der Waals surface area contributed by atoms with Crippen LogP contribution in [0.15, 0.2) is 46.8 Å². The number of carbonyl (C=O) groups excluding carboxylic acids is 4. The van der Waals surface area contributed by atoms with Crippen LogP contribution >= 0.6 is 23.2 Å². The number of esters is 2. The largest absolute Gasteiger partial charge is 0.481 e. The van der Waals surface area contributed by atoms with Gasteiger partial charge in [0.15, 0.2) is 23.2 Å². The Bertz CT molecular complexity index is 4450. The summed E-state index contributed by atoms with van der Waals surface area (Å²) in [4.78, 5) is 102. The van der Waals surface area contributed by atoms with E-state index in [1.54, 1.807) is 39.2 Å². The van der Waals surface area contributed by atoms with Crippen LogP contribution < -0.4 is 0 Å². The number of allylic oxidation sites excluding steroid dienone is 4. The summed E-state index contributed by atoms with van der Waals surface area (Å²) in [6.45, 7) is 40.1. The van der Waals surface area contributed by atoms with Gasteiger partial charge in [-0.1, -0.05) is 131 Å². The van der Waals surface area contributed by atoms with E-state index in [-0.39, 0.29) is 91.7 Å². The average molecular weight is 1640 g/mol. The molecule has 17 atom stereocenters. The van der Waals surface area contributed by atoms with Crippen molar-refractivity contribution in [2.75, 3.05) is 41.3 Å². The minimum Gasteiger partial charge on any atom is -0.481 e. The van der Waals surface area contributed by atoms with E-state index < -0.39 is 58.1 Å².